The molecule has 0 saturated heterocycles. The van der Waals surface area contributed by atoms with Gasteiger partial charge in [-0.1, -0.05) is 0 Å². The van der Waals surface area contributed by atoms with Crippen molar-refractivity contribution in [3.05, 3.63) is 16.4 Å². The van der Waals surface area contributed by atoms with Crippen molar-refractivity contribution in [1.29, 1.82) is 0 Å². The molecule has 0 aliphatic heterocycles. The Kier molecular flexibility index (Phi) is 2.06. The summed E-state index contributed by atoms with van der Waals surface area (Å²) in [6, 6.07) is 0. The second kappa shape index (κ2) is 2.75. The molecule has 0 atom stereocenters. The topological polar surface area (TPSA) is 74.1 Å². The first kappa shape index (κ1) is 8.99. The molecule has 5 heteroatoms. The van der Waals surface area contributed by atoms with Crippen molar-refractivity contribution in [3.8, 4) is 0 Å². The lowest BCUT2D eigenvalue weighted by atomic mass is 10.1. The molecule has 0 bridgehead atoms. The summed E-state index contributed by atoms with van der Waals surface area (Å²) >= 11 is 0. The molecule has 0 unspecified atom stereocenters. The van der Waals surface area contributed by atoms with Crippen LogP contribution in [0.25, 0.3) is 0 Å². The number of hydrogen-bond donors (Lipinski definition) is 1. The van der Waals surface area contributed by atoms with Gasteiger partial charge in [0.25, 0.3) is 0 Å². The third-order valence-electron chi connectivity index (χ3n) is 1.40. The van der Waals surface area contributed by atoms with E-state index < -0.39 is 5.76 Å². The van der Waals surface area contributed by atoms with Gasteiger partial charge in [-0.05, 0) is 20.8 Å². The molecule has 0 spiro atoms. The molecular formula is C7H13N3O2. The summed E-state index contributed by atoms with van der Waals surface area (Å²) in [5.41, 5.74) is 4.91. The largest absolute Gasteiger partial charge is 0.437 e. The second-order valence-corrected chi connectivity index (χ2v) is 3.55. The van der Waals surface area contributed by atoms with Gasteiger partial charge in [-0.2, -0.15) is 4.68 Å². The molecule has 0 saturated carbocycles. The number of rotatable bonds is 1. The van der Waals surface area contributed by atoms with E-state index in [1.165, 1.54) is 4.68 Å². The van der Waals surface area contributed by atoms with Gasteiger partial charge in [-0.15, -0.1) is 5.10 Å². The van der Waals surface area contributed by atoms with E-state index in [0.29, 0.717) is 0 Å². The van der Waals surface area contributed by atoms with Gasteiger partial charge in [-0.3, -0.25) is 0 Å². The third kappa shape index (κ3) is 1.55. The lowest BCUT2D eigenvalue weighted by molar-refractivity contribution is 0.325. The Labute approximate surface area is 70.2 Å². The predicted octanol–water partition coefficient (Wildman–Crippen LogP) is 0.0500. The summed E-state index contributed by atoms with van der Waals surface area (Å²) in [4.78, 5) is 11.1. The first-order chi connectivity index (χ1) is 5.45. The van der Waals surface area contributed by atoms with Gasteiger partial charge in [0.05, 0.1) is 12.1 Å². The summed E-state index contributed by atoms with van der Waals surface area (Å²) in [6.07, 6.45) is 0. The predicted molar refractivity (Wildman–Crippen MR) is 43.7 cm³/mol. The number of aromatic nitrogens is 2. The average Bonchev–Trinajstić information content (AvgIpc) is 2.29. The van der Waals surface area contributed by atoms with E-state index in [1.807, 2.05) is 20.8 Å². The van der Waals surface area contributed by atoms with E-state index in [-0.39, 0.29) is 18.0 Å². The molecule has 0 fully saturated rings. The molecule has 0 aliphatic carbocycles. The highest BCUT2D eigenvalue weighted by molar-refractivity contribution is 4.78. The number of nitrogens with two attached hydrogens (primary N) is 1. The van der Waals surface area contributed by atoms with Crippen LogP contribution in [0.2, 0.25) is 0 Å². The van der Waals surface area contributed by atoms with Crippen molar-refractivity contribution < 1.29 is 4.42 Å². The molecule has 0 aliphatic rings. The fourth-order valence-electron chi connectivity index (χ4n) is 0.823. The number of hydrogen-bond acceptors (Lipinski definition) is 4. The maximum absolute atomic E-state index is 11.1. The fraction of sp³-hybridized carbons (Fsp3) is 0.714. The molecule has 1 heterocycles. The Morgan fingerprint density at radius 1 is 1.58 bits per heavy atom. The van der Waals surface area contributed by atoms with Crippen LogP contribution >= 0.6 is 0 Å². The van der Waals surface area contributed by atoms with E-state index in [2.05, 4.69) is 5.10 Å². The summed E-state index contributed by atoms with van der Waals surface area (Å²) in [5.74, 6) is -0.183. The Morgan fingerprint density at radius 3 is 2.42 bits per heavy atom. The first-order valence-corrected chi connectivity index (χ1v) is 3.74. The molecule has 0 amide bonds. The summed E-state index contributed by atoms with van der Waals surface area (Å²) in [6.45, 7) is 5.77. The standard InChI is InChI=1S/C7H13N3O2/c1-7(2,3)10-6(11)12-5(4-8)9-10/h4,8H2,1-3H3. The van der Waals surface area contributed by atoms with E-state index >= 15 is 0 Å². The van der Waals surface area contributed by atoms with Gasteiger partial charge in [0.2, 0.25) is 5.89 Å². The lowest BCUT2D eigenvalue weighted by Crippen LogP contribution is -2.32. The van der Waals surface area contributed by atoms with Crippen LogP contribution in [0.5, 0.6) is 0 Å². The molecule has 12 heavy (non-hydrogen) atoms. The zero-order chi connectivity index (χ0) is 9.35. The summed E-state index contributed by atoms with van der Waals surface area (Å²) in [5, 5.41) is 3.91. The first-order valence-electron chi connectivity index (χ1n) is 3.74. The lowest BCUT2D eigenvalue weighted by Gasteiger charge is -2.15. The Hall–Kier alpha value is -1.10. The zero-order valence-corrected chi connectivity index (χ0v) is 7.50. The fourth-order valence-corrected chi connectivity index (χ4v) is 0.823. The Balaban J connectivity index is 3.17. The van der Waals surface area contributed by atoms with E-state index in [9.17, 15) is 4.79 Å². The van der Waals surface area contributed by atoms with Crippen molar-refractivity contribution in [3.63, 3.8) is 0 Å². The minimum absolute atomic E-state index is 0.151. The average molecular weight is 171 g/mol. The van der Waals surface area contributed by atoms with Crippen LogP contribution < -0.4 is 11.5 Å². The van der Waals surface area contributed by atoms with Gasteiger partial charge in [0, 0.05) is 0 Å². The molecular weight excluding hydrogens is 158 g/mol. The summed E-state index contributed by atoms with van der Waals surface area (Å²) in [7, 11) is 0. The van der Waals surface area contributed by atoms with Crippen LogP contribution in [0.15, 0.2) is 9.21 Å². The quantitative estimate of drug-likeness (QED) is 0.647. The highest BCUT2D eigenvalue weighted by Gasteiger charge is 2.19. The van der Waals surface area contributed by atoms with Gasteiger partial charge in [0.15, 0.2) is 0 Å². The van der Waals surface area contributed by atoms with Gasteiger partial charge < -0.3 is 10.2 Å². The van der Waals surface area contributed by atoms with Crippen molar-refractivity contribution >= 4 is 0 Å². The minimum atomic E-state index is -0.456. The van der Waals surface area contributed by atoms with Crippen LogP contribution in [0, 0.1) is 0 Å². The van der Waals surface area contributed by atoms with Crippen molar-refractivity contribution in [1.82, 2.24) is 9.78 Å². The molecule has 1 rings (SSSR count). The molecule has 0 aromatic carbocycles. The van der Waals surface area contributed by atoms with E-state index in [1.54, 1.807) is 0 Å². The second-order valence-electron chi connectivity index (χ2n) is 3.55. The van der Waals surface area contributed by atoms with Crippen LogP contribution in [-0.4, -0.2) is 9.78 Å². The molecule has 1 aromatic rings. The van der Waals surface area contributed by atoms with Crippen molar-refractivity contribution in [2.45, 2.75) is 32.9 Å². The monoisotopic (exact) mass is 171 g/mol. The summed E-state index contributed by atoms with van der Waals surface area (Å²) < 4.78 is 6.05. The zero-order valence-electron chi connectivity index (χ0n) is 7.50. The molecule has 5 nitrogen and oxygen atoms in total. The highest BCUT2D eigenvalue weighted by Crippen LogP contribution is 2.08. The van der Waals surface area contributed by atoms with Crippen molar-refractivity contribution in [2.75, 3.05) is 0 Å². The number of nitrogens with zero attached hydrogens (tertiary/aromatic N) is 2. The van der Waals surface area contributed by atoms with Gasteiger partial charge in [-0.25, -0.2) is 4.79 Å². The highest BCUT2D eigenvalue weighted by atomic mass is 16.4. The van der Waals surface area contributed by atoms with Crippen molar-refractivity contribution in [2.24, 2.45) is 5.73 Å². The SMILES string of the molecule is CC(C)(C)n1nc(CN)oc1=O. The Morgan fingerprint density at radius 2 is 2.17 bits per heavy atom. The molecule has 2 N–H and O–H groups in total. The minimum Gasteiger partial charge on any atom is -0.391 e. The molecule has 68 valence electrons. The van der Waals surface area contributed by atoms with Crippen LogP contribution in [0.1, 0.15) is 26.7 Å². The van der Waals surface area contributed by atoms with Gasteiger partial charge in [0.1, 0.15) is 0 Å². The smallest absolute Gasteiger partial charge is 0.391 e. The van der Waals surface area contributed by atoms with E-state index in [0.717, 1.165) is 0 Å². The van der Waals surface area contributed by atoms with E-state index in [4.69, 9.17) is 10.2 Å². The van der Waals surface area contributed by atoms with Crippen LogP contribution in [-0.2, 0) is 12.1 Å². The Bertz CT molecular complexity index is 318. The maximum atomic E-state index is 11.1. The third-order valence-corrected chi connectivity index (χ3v) is 1.40. The normalized spacial score (nSPS) is 12.0. The molecule has 0 radical (unpaired) electrons. The van der Waals surface area contributed by atoms with Gasteiger partial charge >= 0.3 is 5.76 Å². The van der Waals surface area contributed by atoms with Crippen LogP contribution in [0.4, 0.5) is 0 Å². The van der Waals surface area contributed by atoms with Crippen LogP contribution in [0.3, 0.4) is 0 Å². The molecule has 1 aromatic heterocycles. The maximum Gasteiger partial charge on any atom is 0.437 e.